The molecule has 1 fully saturated rings. The molecule has 0 aromatic heterocycles. The molecular weight excluding hydrogens is 246 g/mol. The van der Waals surface area contributed by atoms with Crippen LogP contribution in [0.4, 0.5) is 4.79 Å². The molecule has 1 aliphatic carbocycles. The largest absolute Gasteiger partial charge is 0.469 e. The molecule has 0 saturated heterocycles. The molecule has 0 spiro atoms. The van der Waals surface area contributed by atoms with Gasteiger partial charge < -0.3 is 14.8 Å². The second-order valence-corrected chi connectivity index (χ2v) is 6.30. The van der Waals surface area contributed by atoms with E-state index in [4.69, 9.17) is 9.47 Å². The van der Waals surface area contributed by atoms with Crippen molar-refractivity contribution in [2.45, 2.75) is 58.6 Å². The fraction of sp³-hybridized carbons (Fsp3) is 0.857. The monoisotopic (exact) mass is 271 g/mol. The average molecular weight is 271 g/mol. The SMILES string of the molecule is COC(=O)[C@H]1CC(C)CC[C@H]1NC(=O)OC(C)(C)C. The highest BCUT2D eigenvalue weighted by atomic mass is 16.6. The van der Waals surface area contributed by atoms with Crippen molar-refractivity contribution in [2.24, 2.45) is 11.8 Å². The van der Waals surface area contributed by atoms with Crippen molar-refractivity contribution in [2.75, 3.05) is 7.11 Å². The van der Waals surface area contributed by atoms with E-state index in [9.17, 15) is 9.59 Å². The molecule has 0 radical (unpaired) electrons. The Morgan fingerprint density at radius 1 is 1.21 bits per heavy atom. The lowest BCUT2D eigenvalue weighted by molar-refractivity contribution is -0.148. The minimum atomic E-state index is -0.535. The molecule has 110 valence electrons. The second kappa shape index (κ2) is 6.26. The molecule has 5 heteroatoms. The van der Waals surface area contributed by atoms with Gasteiger partial charge in [0.25, 0.3) is 0 Å². The number of ether oxygens (including phenoxy) is 2. The minimum Gasteiger partial charge on any atom is -0.469 e. The molecule has 19 heavy (non-hydrogen) atoms. The van der Waals surface area contributed by atoms with Crippen molar-refractivity contribution in [3.63, 3.8) is 0 Å². The third kappa shape index (κ3) is 5.09. The number of hydrogen-bond acceptors (Lipinski definition) is 4. The molecule has 0 aliphatic heterocycles. The summed E-state index contributed by atoms with van der Waals surface area (Å²) in [6.45, 7) is 7.55. The number of carbonyl (C=O) groups is 2. The zero-order chi connectivity index (χ0) is 14.6. The van der Waals surface area contributed by atoms with Crippen LogP contribution in [-0.4, -0.2) is 30.8 Å². The Morgan fingerprint density at radius 2 is 1.84 bits per heavy atom. The third-order valence-corrected chi connectivity index (χ3v) is 3.32. The summed E-state index contributed by atoms with van der Waals surface area (Å²) < 4.78 is 10.0. The van der Waals surface area contributed by atoms with Gasteiger partial charge in [-0.15, -0.1) is 0 Å². The number of rotatable bonds is 2. The first-order valence-corrected chi connectivity index (χ1v) is 6.80. The van der Waals surface area contributed by atoms with Crippen molar-refractivity contribution in [1.82, 2.24) is 5.32 Å². The van der Waals surface area contributed by atoms with Crippen LogP contribution in [0.3, 0.4) is 0 Å². The highest BCUT2D eigenvalue weighted by molar-refractivity contribution is 5.75. The van der Waals surface area contributed by atoms with Crippen molar-refractivity contribution < 1.29 is 19.1 Å². The number of carbonyl (C=O) groups excluding carboxylic acids is 2. The molecule has 1 unspecified atom stereocenters. The van der Waals surface area contributed by atoms with Gasteiger partial charge in [0.1, 0.15) is 5.60 Å². The van der Waals surface area contributed by atoms with Crippen LogP contribution in [0.25, 0.3) is 0 Å². The molecule has 1 rings (SSSR count). The smallest absolute Gasteiger partial charge is 0.407 e. The van der Waals surface area contributed by atoms with Crippen molar-refractivity contribution in [1.29, 1.82) is 0 Å². The van der Waals surface area contributed by atoms with Crippen molar-refractivity contribution in [3.8, 4) is 0 Å². The van der Waals surface area contributed by atoms with Crippen LogP contribution in [0, 0.1) is 11.8 Å². The molecule has 1 saturated carbocycles. The Kier molecular flexibility index (Phi) is 5.20. The van der Waals surface area contributed by atoms with Gasteiger partial charge in [-0.3, -0.25) is 4.79 Å². The van der Waals surface area contributed by atoms with Crippen LogP contribution in [-0.2, 0) is 14.3 Å². The van der Waals surface area contributed by atoms with Gasteiger partial charge in [-0.2, -0.15) is 0 Å². The van der Waals surface area contributed by atoms with Crippen LogP contribution in [0.5, 0.6) is 0 Å². The van der Waals surface area contributed by atoms with E-state index in [1.54, 1.807) is 0 Å². The first-order valence-electron chi connectivity index (χ1n) is 6.80. The molecule has 0 bridgehead atoms. The second-order valence-electron chi connectivity index (χ2n) is 6.30. The molecule has 1 N–H and O–H groups in total. The van der Waals surface area contributed by atoms with E-state index in [1.807, 2.05) is 20.8 Å². The fourth-order valence-electron chi connectivity index (χ4n) is 2.42. The molecule has 1 amide bonds. The van der Waals surface area contributed by atoms with Gasteiger partial charge in [0.15, 0.2) is 0 Å². The predicted octanol–water partition coefficient (Wildman–Crippen LogP) is 2.49. The average Bonchev–Trinajstić information content (AvgIpc) is 2.28. The van der Waals surface area contributed by atoms with E-state index < -0.39 is 11.7 Å². The Labute approximate surface area is 115 Å². The molecule has 0 heterocycles. The first kappa shape index (κ1) is 15.8. The zero-order valence-electron chi connectivity index (χ0n) is 12.5. The lowest BCUT2D eigenvalue weighted by atomic mass is 9.79. The summed E-state index contributed by atoms with van der Waals surface area (Å²) in [4.78, 5) is 23.6. The summed E-state index contributed by atoms with van der Waals surface area (Å²) in [7, 11) is 1.38. The lowest BCUT2D eigenvalue weighted by Gasteiger charge is -2.34. The number of hydrogen-bond donors (Lipinski definition) is 1. The maximum atomic E-state index is 11.8. The van der Waals surface area contributed by atoms with E-state index in [0.29, 0.717) is 5.92 Å². The zero-order valence-corrected chi connectivity index (χ0v) is 12.5. The van der Waals surface area contributed by atoms with Gasteiger partial charge in [0.2, 0.25) is 0 Å². The van der Waals surface area contributed by atoms with Crippen LogP contribution >= 0.6 is 0 Å². The summed E-state index contributed by atoms with van der Waals surface area (Å²) in [5.41, 5.74) is -0.535. The molecule has 3 atom stereocenters. The van der Waals surface area contributed by atoms with Crippen LogP contribution in [0.15, 0.2) is 0 Å². The molecule has 1 aliphatic rings. The quantitative estimate of drug-likeness (QED) is 0.784. The summed E-state index contributed by atoms with van der Waals surface area (Å²) >= 11 is 0. The summed E-state index contributed by atoms with van der Waals surface area (Å²) in [6, 6.07) is -0.196. The van der Waals surface area contributed by atoms with Crippen LogP contribution < -0.4 is 5.32 Å². The number of esters is 1. The van der Waals surface area contributed by atoms with E-state index in [0.717, 1.165) is 19.3 Å². The third-order valence-electron chi connectivity index (χ3n) is 3.32. The molecule has 5 nitrogen and oxygen atoms in total. The summed E-state index contributed by atoms with van der Waals surface area (Å²) in [6.07, 6.45) is 2.04. The molecule has 0 aromatic carbocycles. The number of amides is 1. The van der Waals surface area contributed by atoms with Gasteiger partial charge in [0, 0.05) is 6.04 Å². The van der Waals surface area contributed by atoms with Gasteiger partial charge in [-0.25, -0.2) is 4.79 Å². The van der Waals surface area contributed by atoms with Gasteiger partial charge in [-0.1, -0.05) is 6.92 Å². The molecular formula is C14H25NO4. The highest BCUT2D eigenvalue weighted by Gasteiger charge is 2.36. The van der Waals surface area contributed by atoms with E-state index in [1.165, 1.54) is 7.11 Å². The van der Waals surface area contributed by atoms with E-state index in [2.05, 4.69) is 12.2 Å². The van der Waals surface area contributed by atoms with Crippen LogP contribution in [0.1, 0.15) is 47.0 Å². The Balaban J connectivity index is 2.63. The number of alkyl carbamates (subject to hydrolysis) is 1. The standard InChI is InChI=1S/C14H25NO4/c1-9-6-7-11(10(8-9)12(16)18-5)15-13(17)19-14(2,3)4/h9-11H,6-8H2,1-5H3,(H,15,17)/t9?,10-,11+/m0/s1. The van der Waals surface area contributed by atoms with Crippen molar-refractivity contribution in [3.05, 3.63) is 0 Å². The van der Waals surface area contributed by atoms with Crippen LogP contribution in [0.2, 0.25) is 0 Å². The first-order chi connectivity index (χ1) is 8.73. The van der Waals surface area contributed by atoms with Gasteiger partial charge >= 0.3 is 12.1 Å². The van der Waals surface area contributed by atoms with Gasteiger partial charge in [0.05, 0.1) is 13.0 Å². The predicted molar refractivity (Wildman–Crippen MR) is 71.7 cm³/mol. The Hall–Kier alpha value is -1.26. The maximum Gasteiger partial charge on any atom is 0.407 e. The highest BCUT2D eigenvalue weighted by Crippen LogP contribution is 2.30. The van der Waals surface area contributed by atoms with E-state index >= 15 is 0 Å². The maximum absolute atomic E-state index is 11.8. The fourth-order valence-corrected chi connectivity index (χ4v) is 2.42. The lowest BCUT2D eigenvalue weighted by Crippen LogP contribution is -2.48. The molecule has 0 aromatic rings. The van der Waals surface area contributed by atoms with Gasteiger partial charge in [-0.05, 0) is 46.0 Å². The van der Waals surface area contributed by atoms with E-state index in [-0.39, 0.29) is 17.9 Å². The number of methoxy groups -OCH3 is 1. The van der Waals surface area contributed by atoms with Crippen molar-refractivity contribution >= 4 is 12.1 Å². The Morgan fingerprint density at radius 3 is 2.37 bits per heavy atom. The Bertz CT molecular complexity index is 335. The summed E-state index contributed by atoms with van der Waals surface area (Å²) in [5, 5.41) is 2.80. The minimum absolute atomic E-state index is 0.196. The normalized spacial score (nSPS) is 27.5. The summed E-state index contributed by atoms with van der Waals surface area (Å²) in [5.74, 6) is -0.0605. The number of nitrogens with one attached hydrogen (secondary N) is 1. The topological polar surface area (TPSA) is 64.6 Å².